The minimum absolute atomic E-state index is 0.0617. The lowest BCUT2D eigenvalue weighted by Gasteiger charge is -2.11. The monoisotopic (exact) mass is 304 g/mol. The zero-order valence-electron chi connectivity index (χ0n) is 13.0. The molecule has 2 aromatic rings. The molecular formula is C15H20N4O3. The van der Waals surface area contributed by atoms with Crippen LogP contribution in [0, 0.1) is 0 Å². The fraction of sp³-hybridized carbons (Fsp3) is 0.467. The molecule has 7 nitrogen and oxygen atoms in total. The molecule has 0 bridgehead atoms. The molecule has 1 aromatic carbocycles. The number of nitrogens with one attached hydrogen (secondary N) is 1. The van der Waals surface area contributed by atoms with E-state index in [2.05, 4.69) is 15.6 Å². The molecule has 0 aliphatic carbocycles. The summed E-state index contributed by atoms with van der Waals surface area (Å²) in [4.78, 5) is 23.6. The van der Waals surface area contributed by atoms with Crippen molar-refractivity contribution in [1.82, 2.24) is 20.3 Å². The summed E-state index contributed by atoms with van der Waals surface area (Å²) >= 11 is 0. The Morgan fingerprint density at radius 1 is 1.36 bits per heavy atom. The van der Waals surface area contributed by atoms with E-state index in [4.69, 9.17) is 4.74 Å². The Hall–Kier alpha value is -2.44. The molecule has 0 aliphatic heterocycles. The number of aromatic nitrogens is 3. The molecule has 1 atom stereocenters. The number of amides is 1. The van der Waals surface area contributed by atoms with Crippen molar-refractivity contribution in [3.8, 4) is 0 Å². The molecule has 0 aliphatic rings. The van der Waals surface area contributed by atoms with Crippen LogP contribution < -0.4 is 5.32 Å². The van der Waals surface area contributed by atoms with Crippen LogP contribution in [0.5, 0.6) is 0 Å². The second-order valence-corrected chi connectivity index (χ2v) is 5.06. The Balaban J connectivity index is 1.99. The van der Waals surface area contributed by atoms with Gasteiger partial charge in [0.25, 0.3) is 5.91 Å². The van der Waals surface area contributed by atoms with Crippen molar-refractivity contribution < 1.29 is 14.3 Å². The average Bonchev–Trinajstić information content (AvgIpc) is 2.94. The Morgan fingerprint density at radius 2 is 2.14 bits per heavy atom. The number of aryl methyl sites for hydroxylation is 1. The smallest absolute Gasteiger partial charge is 0.338 e. The van der Waals surface area contributed by atoms with E-state index in [1.807, 2.05) is 20.8 Å². The van der Waals surface area contributed by atoms with Gasteiger partial charge in [-0.25, -0.2) is 9.48 Å². The van der Waals surface area contributed by atoms with Crippen molar-refractivity contribution in [2.24, 2.45) is 0 Å². The van der Waals surface area contributed by atoms with Gasteiger partial charge in [0.05, 0.1) is 11.1 Å². The summed E-state index contributed by atoms with van der Waals surface area (Å²) < 4.78 is 6.75. The zero-order valence-corrected chi connectivity index (χ0v) is 13.0. The van der Waals surface area contributed by atoms with Crippen LogP contribution in [-0.4, -0.2) is 39.5 Å². The minimum atomic E-state index is -0.549. The molecule has 22 heavy (non-hydrogen) atoms. The predicted molar refractivity (Wildman–Crippen MR) is 81.4 cm³/mol. The lowest BCUT2D eigenvalue weighted by atomic mass is 10.2. The standard InChI is InChI=1S/C15H20N4O3/c1-4-10(3)16-14(20)9-22-15(21)11-6-7-13-12(8-11)17-18-19(13)5-2/h6-8,10H,4-5,9H2,1-3H3,(H,16,20)/t10-/m1/s1. The molecule has 0 radical (unpaired) electrons. The van der Waals surface area contributed by atoms with Gasteiger partial charge in [-0.15, -0.1) is 5.10 Å². The highest BCUT2D eigenvalue weighted by Crippen LogP contribution is 2.14. The third-order valence-corrected chi connectivity index (χ3v) is 3.40. The topological polar surface area (TPSA) is 86.1 Å². The van der Waals surface area contributed by atoms with E-state index in [-0.39, 0.29) is 18.6 Å². The van der Waals surface area contributed by atoms with E-state index in [1.165, 1.54) is 0 Å². The first-order valence-corrected chi connectivity index (χ1v) is 7.34. The van der Waals surface area contributed by atoms with E-state index >= 15 is 0 Å². The molecular weight excluding hydrogens is 284 g/mol. The fourth-order valence-electron chi connectivity index (χ4n) is 1.97. The molecule has 1 heterocycles. The highest BCUT2D eigenvalue weighted by molar-refractivity contribution is 5.94. The minimum Gasteiger partial charge on any atom is -0.452 e. The van der Waals surface area contributed by atoms with Crippen molar-refractivity contribution >= 4 is 22.9 Å². The predicted octanol–water partition coefficient (Wildman–Crippen LogP) is 1.52. The molecule has 1 aromatic heterocycles. The van der Waals surface area contributed by atoms with Gasteiger partial charge in [0.15, 0.2) is 6.61 Å². The van der Waals surface area contributed by atoms with Crippen molar-refractivity contribution in [3.63, 3.8) is 0 Å². The number of carbonyl (C=O) groups is 2. The van der Waals surface area contributed by atoms with Crippen LogP contribution in [0.4, 0.5) is 0 Å². The van der Waals surface area contributed by atoms with Gasteiger partial charge in [0, 0.05) is 12.6 Å². The maximum atomic E-state index is 12.0. The lowest BCUT2D eigenvalue weighted by molar-refractivity contribution is -0.124. The van der Waals surface area contributed by atoms with Gasteiger partial charge < -0.3 is 10.1 Å². The van der Waals surface area contributed by atoms with Crippen molar-refractivity contribution in [3.05, 3.63) is 23.8 Å². The molecule has 0 fully saturated rings. The summed E-state index contributed by atoms with van der Waals surface area (Å²) in [6.07, 6.45) is 0.823. The maximum absolute atomic E-state index is 12.0. The van der Waals surface area contributed by atoms with Crippen LogP contribution in [0.25, 0.3) is 11.0 Å². The largest absolute Gasteiger partial charge is 0.452 e. The van der Waals surface area contributed by atoms with Crippen molar-refractivity contribution in [2.75, 3.05) is 6.61 Å². The number of hydrogen-bond donors (Lipinski definition) is 1. The lowest BCUT2D eigenvalue weighted by Crippen LogP contribution is -2.35. The highest BCUT2D eigenvalue weighted by Gasteiger charge is 2.13. The number of hydrogen-bond acceptors (Lipinski definition) is 5. The first-order chi connectivity index (χ1) is 10.5. The number of fused-ring (bicyclic) bond motifs is 1. The van der Waals surface area contributed by atoms with Crippen LogP contribution in [-0.2, 0) is 16.1 Å². The van der Waals surface area contributed by atoms with Gasteiger partial charge in [-0.05, 0) is 38.5 Å². The zero-order chi connectivity index (χ0) is 16.1. The van der Waals surface area contributed by atoms with E-state index < -0.39 is 5.97 Å². The van der Waals surface area contributed by atoms with Gasteiger partial charge in [-0.1, -0.05) is 12.1 Å². The second-order valence-electron chi connectivity index (χ2n) is 5.06. The van der Waals surface area contributed by atoms with Crippen molar-refractivity contribution in [2.45, 2.75) is 39.8 Å². The Labute approximate surface area is 128 Å². The van der Waals surface area contributed by atoms with Gasteiger partial charge in [0.1, 0.15) is 5.52 Å². The molecule has 1 N–H and O–H groups in total. The van der Waals surface area contributed by atoms with Gasteiger partial charge in [-0.3, -0.25) is 4.79 Å². The number of nitrogens with zero attached hydrogens (tertiary/aromatic N) is 3. The summed E-state index contributed by atoms with van der Waals surface area (Å²) in [5.74, 6) is -0.854. The van der Waals surface area contributed by atoms with Gasteiger partial charge in [-0.2, -0.15) is 0 Å². The summed E-state index contributed by atoms with van der Waals surface area (Å²) in [6.45, 7) is 6.24. The molecule has 1 amide bonds. The number of esters is 1. The average molecular weight is 304 g/mol. The van der Waals surface area contributed by atoms with Crippen LogP contribution in [0.15, 0.2) is 18.2 Å². The SMILES string of the molecule is CC[C@@H](C)NC(=O)COC(=O)c1ccc2c(c1)nnn2CC. The van der Waals surface area contributed by atoms with Crippen LogP contribution in [0.2, 0.25) is 0 Å². The summed E-state index contributed by atoms with van der Waals surface area (Å²) in [7, 11) is 0. The van der Waals surface area contributed by atoms with Crippen molar-refractivity contribution in [1.29, 1.82) is 0 Å². The third-order valence-electron chi connectivity index (χ3n) is 3.40. The summed E-state index contributed by atoms with van der Waals surface area (Å²) in [6, 6.07) is 5.09. The molecule has 7 heteroatoms. The highest BCUT2D eigenvalue weighted by atomic mass is 16.5. The normalized spacial score (nSPS) is 12.1. The molecule has 0 unspecified atom stereocenters. The quantitative estimate of drug-likeness (QED) is 0.818. The summed E-state index contributed by atoms with van der Waals surface area (Å²) in [5, 5.41) is 10.7. The van der Waals surface area contributed by atoms with E-state index in [1.54, 1.807) is 22.9 Å². The molecule has 0 saturated carbocycles. The number of carbonyl (C=O) groups excluding carboxylic acids is 2. The van der Waals surface area contributed by atoms with Crippen LogP contribution >= 0.6 is 0 Å². The van der Waals surface area contributed by atoms with E-state index in [9.17, 15) is 9.59 Å². The first kappa shape index (κ1) is 15.9. The molecule has 118 valence electrons. The number of ether oxygens (including phenoxy) is 1. The van der Waals surface area contributed by atoms with Gasteiger partial charge >= 0.3 is 5.97 Å². The van der Waals surface area contributed by atoms with Gasteiger partial charge in [0.2, 0.25) is 0 Å². The Kier molecular flexibility index (Phi) is 5.08. The van der Waals surface area contributed by atoms with E-state index in [0.29, 0.717) is 17.6 Å². The van der Waals surface area contributed by atoms with E-state index in [0.717, 1.165) is 11.9 Å². The molecule has 2 rings (SSSR count). The Bertz CT molecular complexity index is 680. The maximum Gasteiger partial charge on any atom is 0.338 e. The van der Waals surface area contributed by atoms with Crippen LogP contribution in [0.3, 0.4) is 0 Å². The second kappa shape index (κ2) is 7.02. The third kappa shape index (κ3) is 3.60. The first-order valence-electron chi connectivity index (χ1n) is 7.34. The summed E-state index contributed by atoms with van der Waals surface area (Å²) in [5.41, 5.74) is 1.83. The number of rotatable bonds is 6. The molecule has 0 spiro atoms. The Morgan fingerprint density at radius 3 is 2.82 bits per heavy atom. The van der Waals surface area contributed by atoms with Crippen LogP contribution in [0.1, 0.15) is 37.6 Å². The fourth-order valence-corrected chi connectivity index (χ4v) is 1.97. The molecule has 0 saturated heterocycles. The number of benzene rings is 1.